The lowest BCUT2D eigenvalue weighted by Gasteiger charge is -2.13. The van der Waals surface area contributed by atoms with Gasteiger partial charge in [-0.1, -0.05) is 6.07 Å². The Bertz CT molecular complexity index is 420. The van der Waals surface area contributed by atoms with Crippen LogP contribution in [0.1, 0.15) is 23.8 Å². The summed E-state index contributed by atoms with van der Waals surface area (Å²) in [5.41, 5.74) is 0.263. The average Bonchev–Trinajstić information content (AvgIpc) is 2.27. The largest absolute Gasteiger partial charge is 0.573 e. The van der Waals surface area contributed by atoms with E-state index in [1.165, 1.54) is 6.07 Å². The summed E-state index contributed by atoms with van der Waals surface area (Å²) in [6, 6.07) is 2.97. The number of halogens is 5. The Hall–Kier alpha value is -1.30. The Morgan fingerprint density at radius 1 is 1.39 bits per heavy atom. The van der Waals surface area contributed by atoms with Crippen molar-refractivity contribution >= 4 is 17.9 Å². The predicted molar refractivity (Wildman–Crippen MR) is 57.0 cm³/mol. The number of carbonyl (C=O) groups excluding carboxylic acids is 1. The molecule has 0 N–H and O–H groups in total. The Morgan fingerprint density at radius 3 is 2.61 bits per heavy atom. The highest BCUT2D eigenvalue weighted by atomic mass is 35.5. The molecule has 0 heterocycles. The molecule has 2 nitrogen and oxygen atoms in total. The summed E-state index contributed by atoms with van der Waals surface area (Å²) >= 11 is 5.86. The number of aldehydes is 1. The lowest BCUT2D eigenvalue weighted by Crippen LogP contribution is -2.18. The third-order valence-corrected chi connectivity index (χ3v) is 2.55. The molecular weight excluding hydrogens is 276 g/mol. The molecule has 0 bridgehead atoms. The van der Waals surface area contributed by atoms with E-state index >= 15 is 0 Å². The van der Waals surface area contributed by atoms with Crippen LogP contribution < -0.4 is 4.74 Å². The first-order chi connectivity index (χ1) is 8.33. The van der Waals surface area contributed by atoms with E-state index in [2.05, 4.69) is 4.74 Å². The van der Waals surface area contributed by atoms with Gasteiger partial charge in [0.25, 0.3) is 0 Å². The molecule has 1 unspecified atom stereocenters. The summed E-state index contributed by atoms with van der Waals surface area (Å²) in [6.07, 6.45) is -3.90. The fourth-order valence-electron chi connectivity index (χ4n) is 1.30. The lowest BCUT2D eigenvalue weighted by atomic mass is 10.1. The van der Waals surface area contributed by atoms with Crippen molar-refractivity contribution in [2.24, 2.45) is 0 Å². The molecule has 1 atom stereocenters. The standard InChI is InChI=1S/C11H9ClF4O2/c12-8(2-1-5-17)7-3-4-9(13)10(6-7)18-11(14,15)16/h3-6,8H,1-2H2. The molecule has 0 radical (unpaired) electrons. The smallest absolute Gasteiger partial charge is 0.403 e. The third-order valence-electron chi connectivity index (χ3n) is 2.08. The number of benzene rings is 1. The van der Waals surface area contributed by atoms with Gasteiger partial charge in [0.15, 0.2) is 11.6 Å². The monoisotopic (exact) mass is 284 g/mol. The van der Waals surface area contributed by atoms with E-state index in [0.717, 1.165) is 12.1 Å². The van der Waals surface area contributed by atoms with Crippen LogP contribution in [0.25, 0.3) is 0 Å². The SMILES string of the molecule is O=CCCC(Cl)c1ccc(F)c(OC(F)(F)F)c1. The highest BCUT2D eigenvalue weighted by molar-refractivity contribution is 6.20. The van der Waals surface area contributed by atoms with Crippen LogP contribution in [0, 0.1) is 5.82 Å². The highest BCUT2D eigenvalue weighted by Crippen LogP contribution is 2.32. The molecule has 100 valence electrons. The zero-order valence-electron chi connectivity index (χ0n) is 9.01. The summed E-state index contributed by atoms with van der Waals surface area (Å²) in [4.78, 5) is 10.2. The maximum Gasteiger partial charge on any atom is 0.573 e. The van der Waals surface area contributed by atoms with Gasteiger partial charge < -0.3 is 9.53 Å². The maximum absolute atomic E-state index is 13.1. The van der Waals surface area contributed by atoms with Gasteiger partial charge in [0.2, 0.25) is 0 Å². The maximum atomic E-state index is 13.1. The van der Waals surface area contributed by atoms with Crippen LogP contribution in [0.3, 0.4) is 0 Å². The van der Waals surface area contributed by atoms with E-state index in [1.807, 2.05) is 0 Å². The van der Waals surface area contributed by atoms with Crippen LogP contribution >= 0.6 is 11.6 Å². The van der Waals surface area contributed by atoms with E-state index in [9.17, 15) is 22.4 Å². The van der Waals surface area contributed by atoms with Gasteiger partial charge in [-0.15, -0.1) is 24.8 Å². The first-order valence-corrected chi connectivity index (χ1v) is 5.40. The van der Waals surface area contributed by atoms with Gasteiger partial charge in [0.1, 0.15) is 6.29 Å². The van der Waals surface area contributed by atoms with E-state index < -0.39 is 23.3 Å². The molecule has 7 heteroatoms. The molecule has 1 aromatic rings. The van der Waals surface area contributed by atoms with E-state index in [-0.39, 0.29) is 18.4 Å². The van der Waals surface area contributed by atoms with Crippen LogP contribution in [0.5, 0.6) is 5.75 Å². The number of hydrogen-bond donors (Lipinski definition) is 0. The van der Waals surface area contributed by atoms with Gasteiger partial charge in [-0.25, -0.2) is 4.39 Å². The molecule has 18 heavy (non-hydrogen) atoms. The number of carbonyl (C=O) groups is 1. The van der Waals surface area contributed by atoms with Crippen LogP contribution in [-0.2, 0) is 4.79 Å². The van der Waals surface area contributed by atoms with Crippen molar-refractivity contribution in [2.75, 3.05) is 0 Å². The Labute approximate surface area is 105 Å². The number of rotatable bonds is 5. The molecule has 0 aromatic heterocycles. The molecule has 0 amide bonds. The molecule has 0 spiro atoms. The minimum Gasteiger partial charge on any atom is -0.403 e. The number of alkyl halides is 4. The molecule has 0 saturated carbocycles. The lowest BCUT2D eigenvalue weighted by molar-refractivity contribution is -0.275. The van der Waals surface area contributed by atoms with Crippen molar-refractivity contribution in [3.8, 4) is 5.75 Å². The second-order valence-corrected chi connectivity index (χ2v) is 3.98. The van der Waals surface area contributed by atoms with Crippen molar-refractivity contribution in [3.63, 3.8) is 0 Å². The second kappa shape index (κ2) is 6.04. The van der Waals surface area contributed by atoms with E-state index in [4.69, 9.17) is 11.6 Å². The summed E-state index contributed by atoms with van der Waals surface area (Å²) in [7, 11) is 0. The minimum absolute atomic E-state index is 0.168. The Morgan fingerprint density at radius 2 is 2.06 bits per heavy atom. The van der Waals surface area contributed by atoms with E-state index in [1.54, 1.807) is 0 Å². The average molecular weight is 285 g/mol. The van der Waals surface area contributed by atoms with Gasteiger partial charge in [-0.3, -0.25) is 0 Å². The van der Waals surface area contributed by atoms with Crippen molar-refractivity contribution < 1.29 is 27.1 Å². The summed E-state index contributed by atoms with van der Waals surface area (Å²) in [5, 5.41) is -0.675. The fraction of sp³-hybridized carbons (Fsp3) is 0.364. The third kappa shape index (κ3) is 4.52. The second-order valence-electron chi connectivity index (χ2n) is 3.45. The molecule has 0 aliphatic rings. The topological polar surface area (TPSA) is 26.3 Å². The molecule has 0 fully saturated rings. The molecule has 0 aliphatic heterocycles. The molecule has 0 saturated heterocycles. The first-order valence-electron chi connectivity index (χ1n) is 4.96. The quantitative estimate of drug-likeness (QED) is 0.464. The number of hydrogen-bond acceptors (Lipinski definition) is 2. The highest BCUT2D eigenvalue weighted by Gasteiger charge is 2.32. The van der Waals surface area contributed by atoms with Gasteiger partial charge in [-0.05, 0) is 24.1 Å². The van der Waals surface area contributed by atoms with Crippen molar-refractivity contribution in [1.29, 1.82) is 0 Å². The zero-order valence-corrected chi connectivity index (χ0v) is 9.76. The molecule has 0 aliphatic carbocycles. The molecular formula is C11H9ClF4O2. The normalized spacial score (nSPS) is 13.2. The van der Waals surface area contributed by atoms with Gasteiger partial charge >= 0.3 is 6.36 Å². The van der Waals surface area contributed by atoms with Gasteiger partial charge in [0, 0.05) is 6.42 Å². The van der Waals surface area contributed by atoms with Crippen molar-refractivity contribution in [2.45, 2.75) is 24.6 Å². The summed E-state index contributed by atoms with van der Waals surface area (Å²) in [5.74, 6) is -2.06. The van der Waals surface area contributed by atoms with E-state index in [0.29, 0.717) is 6.29 Å². The predicted octanol–water partition coefficient (Wildman–Crippen LogP) is 3.98. The van der Waals surface area contributed by atoms with Gasteiger partial charge in [0.05, 0.1) is 5.38 Å². The number of ether oxygens (including phenoxy) is 1. The fourth-order valence-corrected chi connectivity index (χ4v) is 1.56. The summed E-state index contributed by atoms with van der Waals surface area (Å²) in [6.45, 7) is 0. The summed E-state index contributed by atoms with van der Waals surface area (Å²) < 4.78 is 52.6. The minimum atomic E-state index is -4.97. The molecule has 1 rings (SSSR count). The Balaban J connectivity index is 2.89. The zero-order chi connectivity index (χ0) is 13.8. The molecule has 1 aromatic carbocycles. The van der Waals surface area contributed by atoms with Crippen LogP contribution in [0.15, 0.2) is 18.2 Å². The Kier molecular flexibility index (Phi) is 4.95. The van der Waals surface area contributed by atoms with Crippen molar-refractivity contribution in [3.05, 3.63) is 29.6 Å². The van der Waals surface area contributed by atoms with Gasteiger partial charge in [-0.2, -0.15) is 0 Å². The van der Waals surface area contributed by atoms with Crippen LogP contribution in [0.2, 0.25) is 0 Å². The van der Waals surface area contributed by atoms with Crippen molar-refractivity contribution in [1.82, 2.24) is 0 Å². The van der Waals surface area contributed by atoms with Crippen LogP contribution in [0.4, 0.5) is 17.6 Å². The first kappa shape index (κ1) is 14.8. The van der Waals surface area contributed by atoms with Crippen LogP contribution in [-0.4, -0.2) is 12.6 Å².